The number of fused-ring (bicyclic) bond motifs is 2. The van der Waals surface area contributed by atoms with E-state index >= 15 is 0 Å². The van der Waals surface area contributed by atoms with Crippen molar-refractivity contribution in [1.82, 2.24) is 9.97 Å². The molecule has 1 aliphatic heterocycles. The molecule has 1 amide bonds. The summed E-state index contributed by atoms with van der Waals surface area (Å²) < 4.78 is 56.1. The van der Waals surface area contributed by atoms with Crippen molar-refractivity contribution in [2.75, 3.05) is 36.5 Å². The minimum absolute atomic E-state index is 0.0523. The number of ether oxygens (including phenoxy) is 1. The molecule has 2 N–H and O–H groups in total. The molecule has 1 aliphatic carbocycles. The zero-order valence-electron chi connectivity index (χ0n) is 17.1. The van der Waals surface area contributed by atoms with E-state index in [1.165, 1.54) is 6.20 Å². The number of benzene rings is 1. The summed E-state index contributed by atoms with van der Waals surface area (Å²) >= 11 is 6.02. The Morgan fingerprint density at radius 1 is 1.27 bits per heavy atom. The molecule has 0 spiro atoms. The van der Waals surface area contributed by atoms with Crippen molar-refractivity contribution in [1.29, 1.82) is 0 Å². The van der Waals surface area contributed by atoms with Crippen molar-refractivity contribution in [3.63, 3.8) is 0 Å². The molecule has 5 rings (SSSR count). The quantitative estimate of drug-likeness (QED) is 0.492. The van der Waals surface area contributed by atoms with E-state index in [1.54, 1.807) is 29.3 Å². The highest BCUT2D eigenvalue weighted by Gasteiger charge is 2.56. The van der Waals surface area contributed by atoms with Gasteiger partial charge in [-0.25, -0.2) is 9.37 Å². The lowest BCUT2D eigenvalue weighted by atomic mass is 10.2. The number of halogens is 5. The molecule has 3 atom stereocenters. The van der Waals surface area contributed by atoms with E-state index in [0.29, 0.717) is 23.8 Å². The second kappa shape index (κ2) is 8.18. The van der Waals surface area contributed by atoms with Gasteiger partial charge in [0.05, 0.1) is 17.9 Å². The summed E-state index contributed by atoms with van der Waals surface area (Å²) in [7, 11) is 0. The van der Waals surface area contributed by atoms with E-state index in [9.17, 15) is 22.4 Å². The summed E-state index contributed by atoms with van der Waals surface area (Å²) in [5.41, 5.74) is 1.37. The predicted octanol–water partition coefficient (Wildman–Crippen LogP) is 4.87. The first-order valence-corrected chi connectivity index (χ1v) is 10.7. The monoisotopic (exact) mass is 482 g/mol. The van der Waals surface area contributed by atoms with Gasteiger partial charge >= 0.3 is 6.18 Å². The average Bonchev–Trinajstić information content (AvgIpc) is 3.08. The Morgan fingerprint density at radius 2 is 2.03 bits per heavy atom. The second-order valence-corrected chi connectivity index (χ2v) is 8.84. The molecule has 0 radical (unpaired) electrons. The third-order valence-electron chi connectivity index (χ3n) is 6.22. The topological polar surface area (TPSA) is 70.2 Å². The molecular formula is C22H19ClF4N4O2. The number of piperidine rings is 1. The maximum atomic E-state index is 14.8. The molecule has 1 saturated carbocycles. The predicted molar refractivity (Wildman–Crippen MR) is 115 cm³/mol. The fourth-order valence-electron chi connectivity index (χ4n) is 4.56. The van der Waals surface area contributed by atoms with Crippen LogP contribution in [0.3, 0.4) is 0 Å². The molecule has 33 heavy (non-hydrogen) atoms. The van der Waals surface area contributed by atoms with Gasteiger partial charge in [-0.2, -0.15) is 13.2 Å². The van der Waals surface area contributed by atoms with Gasteiger partial charge in [0.2, 0.25) is 0 Å². The van der Waals surface area contributed by atoms with Gasteiger partial charge in [0.15, 0.2) is 11.6 Å². The van der Waals surface area contributed by atoms with Crippen LogP contribution in [0.15, 0.2) is 36.7 Å². The number of carbonyl (C=O) groups excluding carboxylic acids is 1. The fourth-order valence-corrected chi connectivity index (χ4v) is 4.73. The molecular weight excluding hydrogens is 464 g/mol. The molecule has 2 fully saturated rings. The second-order valence-electron chi connectivity index (χ2n) is 8.40. The Morgan fingerprint density at radius 3 is 2.73 bits per heavy atom. The van der Waals surface area contributed by atoms with Crippen LogP contribution in [-0.2, 0) is 4.74 Å². The highest BCUT2D eigenvalue weighted by Crippen LogP contribution is 2.52. The van der Waals surface area contributed by atoms with E-state index in [-0.39, 0.29) is 35.7 Å². The number of aromatic nitrogens is 2. The summed E-state index contributed by atoms with van der Waals surface area (Å²) in [6, 6.07) is 6.36. The standard InChI is InChI=1S/C22H19ClF4N4O2/c23-12-1-2-18-13(4-12)19(6-28-18)30-21(32)11-3-17(24)20(29-5-11)31-7-14-15(8-31)16(14)9-33-10-22(25,26)27/h1-6,14-16,28H,7-10H2,(H,30,32)/t14-,15+,16?. The number of nitrogens with one attached hydrogen (secondary N) is 2. The SMILES string of the molecule is O=C(Nc1c[nH]c2ccc(Cl)cc12)c1cnc(N2C[C@@H]3C(COCC(F)(F)F)[C@@H]3C2)c(F)c1. The van der Waals surface area contributed by atoms with Crippen LogP contribution in [0, 0.1) is 23.6 Å². The first-order chi connectivity index (χ1) is 15.7. The van der Waals surface area contributed by atoms with Crippen molar-refractivity contribution >= 4 is 39.9 Å². The van der Waals surface area contributed by atoms with Gasteiger partial charge in [0.1, 0.15) is 6.61 Å². The zero-order valence-corrected chi connectivity index (χ0v) is 17.9. The van der Waals surface area contributed by atoms with Crippen LogP contribution in [0.4, 0.5) is 29.1 Å². The number of rotatable bonds is 6. The minimum Gasteiger partial charge on any atom is -0.372 e. The van der Waals surface area contributed by atoms with E-state index in [2.05, 4.69) is 15.3 Å². The highest BCUT2D eigenvalue weighted by molar-refractivity contribution is 6.31. The van der Waals surface area contributed by atoms with Crippen LogP contribution in [0.5, 0.6) is 0 Å². The van der Waals surface area contributed by atoms with E-state index in [4.69, 9.17) is 16.3 Å². The minimum atomic E-state index is -4.33. The van der Waals surface area contributed by atoms with Crippen LogP contribution in [-0.4, -0.2) is 48.4 Å². The first-order valence-electron chi connectivity index (χ1n) is 10.3. The third kappa shape index (κ3) is 4.49. The van der Waals surface area contributed by atoms with Gasteiger partial charge in [0.25, 0.3) is 5.91 Å². The number of amides is 1. The van der Waals surface area contributed by atoms with Crippen LogP contribution in [0.25, 0.3) is 10.9 Å². The van der Waals surface area contributed by atoms with Crippen molar-refractivity contribution in [3.05, 3.63) is 53.1 Å². The largest absolute Gasteiger partial charge is 0.411 e. The van der Waals surface area contributed by atoms with E-state index in [1.807, 2.05) is 0 Å². The molecule has 3 aromatic rings. The Bertz CT molecular complexity index is 1200. The molecule has 11 heteroatoms. The molecule has 6 nitrogen and oxygen atoms in total. The molecule has 1 saturated heterocycles. The lowest BCUT2D eigenvalue weighted by Gasteiger charge is -2.21. The van der Waals surface area contributed by atoms with Gasteiger partial charge in [-0.05, 0) is 42.0 Å². The van der Waals surface area contributed by atoms with Crippen molar-refractivity contribution in [2.24, 2.45) is 17.8 Å². The van der Waals surface area contributed by atoms with Gasteiger partial charge in [-0.15, -0.1) is 0 Å². The number of nitrogens with zero attached hydrogens (tertiary/aromatic N) is 2. The van der Waals surface area contributed by atoms with Crippen molar-refractivity contribution in [3.8, 4) is 0 Å². The smallest absolute Gasteiger partial charge is 0.372 e. The molecule has 2 aromatic heterocycles. The Kier molecular flexibility index (Phi) is 5.44. The summed E-state index contributed by atoms with van der Waals surface area (Å²) in [5.74, 6) is -0.628. The lowest BCUT2D eigenvalue weighted by molar-refractivity contribution is -0.175. The Labute approximate surface area is 190 Å². The molecule has 2 aliphatic rings. The first kappa shape index (κ1) is 22.0. The molecule has 1 unspecified atom stereocenters. The summed E-state index contributed by atoms with van der Waals surface area (Å²) in [4.78, 5) is 21.6. The van der Waals surface area contributed by atoms with Crippen LogP contribution < -0.4 is 10.2 Å². The maximum Gasteiger partial charge on any atom is 0.411 e. The molecule has 174 valence electrons. The number of pyridine rings is 1. The zero-order chi connectivity index (χ0) is 23.3. The maximum absolute atomic E-state index is 14.8. The van der Waals surface area contributed by atoms with E-state index in [0.717, 1.165) is 17.0 Å². The Balaban J connectivity index is 1.20. The van der Waals surface area contributed by atoms with Gasteiger partial charge in [-0.1, -0.05) is 11.6 Å². The molecule has 3 heterocycles. The van der Waals surface area contributed by atoms with Crippen LogP contribution >= 0.6 is 11.6 Å². The Hall–Kier alpha value is -2.85. The lowest BCUT2D eigenvalue weighted by Crippen LogP contribution is -2.28. The number of anilines is 2. The molecule has 0 bridgehead atoms. The number of aromatic amines is 1. The normalized spacial score (nSPS) is 22.0. The molecule has 1 aromatic carbocycles. The number of hydrogen-bond donors (Lipinski definition) is 2. The van der Waals surface area contributed by atoms with Gasteiger partial charge < -0.3 is 19.9 Å². The summed E-state index contributed by atoms with van der Waals surface area (Å²) in [5, 5.41) is 3.98. The highest BCUT2D eigenvalue weighted by atomic mass is 35.5. The summed E-state index contributed by atoms with van der Waals surface area (Å²) in [6.45, 7) is -0.207. The van der Waals surface area contributed by atoms with Crippen LogP contribution in [0.1, 0.15) is 10.4 Å². The number of H-pyrrole nitrogens is 1. The van der Waals surface area contributed by atoms with Gasteiger partial charge in [0, 0.05) is 41.4 Å². The van der Waals surface area contributed by atoms with Crippen molar-refractivity contribution < 1.29 is 27.1 Å². The van der Waals surface area contributed by atoms with Crippen LogP contribution in [0.2, 0.25) is 5.02 Å². The number of carbonyl (C=O) groups is 1. The average molecular weight is 483 g/mol. The summed E-state index contributed by atoms with van der Waals surface area (Å²) in [6.07, 6.45) is -1.40. The third-order valence-corrected chi connectivity index (χ3v) is 6.46. The number of hydrogen-bond acceptors (Lipinski definition) is 4. The van der Waals surface area contributed by atoms with Gasteiger partial charge in [-0.3, -0.25) is 4.79 Å². The fraction of sp³-hybridized carbons (Fsp3) is 0.364. The van der Waals surface area contributed by atoms with Crippen molar-refractivity contribution in [2.45, 2.75) is 6.18 Å². The van der Waals surface area contributed by atoms with E-state index < -0.39 is 24.5 Å². The number of alkyl halides is 3.